The van der Waals surface area contributed by atoms with Crippen molar-refractivity contribution in [3.63, 3.8) is 0 Å². The number of rotatable bonds is 6. The Bertz CT molecular complexity index is 1190. The molecule has 0 spiro atoms. The summed E-state index contributed by atoms with van der Waals surface area (Å²) in [7, 11) is 1.65. The molecule has 5 heterocycles. The van der Waals surface area contributed by atoms with Gasteiger partial charge in [-0.1, -0.05) is 29.3 Å². The molecule has 5 nitrogen and oxygen atoms in total. The number of aliphatic hydroxyl groups is 1. The van der Waals surface area contributed by atoms with Gasteiger partial charge in [-0.15, -0.1) is 6.58 Å². The minimum Gasteiger partial charge on any atom is -1.00 e. The van der Waals surface area contributed by atoms with Crippen LogP contribution >= 0.6 is 23.2 Å². The third-order valence-corrected chi connectivity index (χ3v) is 8.05. The number of aliphatic hydroxyl groups excluding tert-OH is 1. The first-order valence-electron chi connectivity index (χ1n) is 11.3. The quantitative estimate of drug-likeness (QED) is 0.308. The van der Waals surface area contributed by atoms with Gasteiger partial charge in [0.2, 0.25) is 0 Å². The van der Waals surface area contributed by atoms with E-state index in [4.69, 9.17) is 27.9 Å². The molecular formula is C26H28Cl3N3O2. The number of aromatic nitrogens is 2. The average molecular weight is 521 g/mol. The fourth-order valence-electron chi connectivity index (χ4n) is 6.09. The van der Waals surface area contributed by atoms with Gasteiger partial charge in [-0.3, -0.25) is 4.98 Å². The number of methoxy groups -OCH3 is 1. The molecule has 2 bridgehead atoms. The number of benzene rings is 1. The zero-order chi connectivity index (χ0) is 23.2. The molecule has 4 unspecified atom stereocenters. The van der Waals surface area contributed by atoms with Crippen molar-refractivity contribution in [1.29, 1.82) is 0 Å². The van der Waals surface area contributed by atoms with Crippen molar-refractivity contribution >= 4 is 34.1 Å². The summed E-state index contributed by atoms with van der Waals surface area (Å²) in [5, 5.41) is 13.6. The number of nitrogens with zero attached hydrogens (tertiary/aromatic N) is 3. The van der Waals surface area contributed by atoms with Crippen molar-refractivity contribution in [3.8, 4) is 5.75 Å². The lowest BCUT2D eigenvalue weighted by molar-refractivity contribution is -0.984. The standard InChI is InChI=1S/C26H28Cl2N3O2.ClH/c1-3-17-15-31(14-16-10-24(27)30-25(28)11-16)9-7-18(17)12-23(31)26(32)20-6-8-29-22-5-4-19(33-2)13-21(20)22;/h3-6,8,10-11,13,17-18,23,26,32H,1,7,9,12,14-15H2,2H3;1H/q+1;/p-1/t17?,18?,23?,26-,31?;/m1./s1. The zero-order valence-corrected chi connectivity index (χ0v) is 21.3. The van der Waals surface area contributed by atoms with Gasteiger partial charge in [0.25, 0.3) is 0 Å². The van der Waals surface area contributed by atoms with Crippen LogP contribution in [0.2, 0.25) is 10.3 Å². The first-order valence-corrected chi connectivity index (χ1v) is 12.1. The molecule has 3 saturated heterocycles. The Morgan fingerprint density at radius 1 is 1.24 bits per heavy atom. The van der Waals surface area contributed by atoms with E-state index in [1.54, 1.807) is 13.3 Å². The summed E-state index contributed by atoms with van der Waals surface area (Å²) in [4.78, 5) is 8.61. The van der Waals surface area contributed by atoms with Crippen molar-refractivity contribution in [2.75, 3.05) is 20.2 Å². The Morgan fingerprint density at radius 3 is 2.71 bits per heavy atom. The molecular weight excluding hydrogens is 493 g/mol. The third kappa shape index (κ3) is 4.52. The lowest BCUT2D eigenvalue weighted by Gasteiger charge is -2.58. The topological polar surface area (TPSA) is 55.2 Å². The van der Waals surface area contributed by atoms with E-state index in [9.17, 15) is 5.11 Å². The van der Waals surface area contributed by atoms with Crippen molar-refractivity contribution in [1.82, 2.24) is 9.97 Å². The summed E-state index contributed by atoms with van der Waals surface area (Å²) in [5.74, 6) is 1.73. The number of piperidine rings is 3. The van der Waals surface area contributed by atoms with Crippen LogP contribution in [0.5, 0.6) is 5.75 Å². The second kappa shape index (κ2) is 10.00. The molecule has 0 radical (unpaired) electrons. The Morgan fingerprint density at radius 2 is 2.00 bits per heavy atom. The summed E-state index contributed by atoms with van der Waals surface area (Å²) in [6.07, 6.45) is 5.31. The molecule has 180 valence electrons. The van der Waals surface area contributed by atoms with Gasteiger partial charge in [-0.25, -0.2) is 4.98 Å². The number of halogens is 3. The maximum absolute atomic E-state index is 11.9. The van der Waals surface area contributed by atoms with E-state index in [0.29, 0.717) is 22.1 Å². The molecule has 8 heteroatoms. The van der Waals surface area contributed by atoms with E-state index < -0.39 is 6.10 Å². The van der Waals surface area contributed by atoms with Crippen LogP contribution in [-0.2, 0) is 6.54 Å². The molecule has 3 fully saturated rings. The maximum atomic E-state index is 11.9. The monoisotopic (exact) mass is 519 g/mol. The van der Waals surface area contributed by atoms with Gasteiger partial charge in [-0.2, -0.15) is 0 Å². The Kier molecular flexibility index (Phi) is 7.41. The van der Waals surface area contributed by atoms with Crippen LogP contribution in [0, 0.1) is 11.8 Å². The van der Waals surface area contributed by atoms with Crippen LogP contribution in [-0.4, -0.2) is 45.8 Å². The van der Waals surface area contributed by atoms with Crippen molar-refractivity contribution in [2.24, 2.45) is 11.8 Å². The molecule has 0 aliphatic carbocycles. The van der Waals surface area contributed by atoms with E-state index in [-0.39, 0.29) is 18.4 Å². The Balaban J connectivity index is 0.00000274. The highest BCUT2D eigenvalue weighted by Gasteiger charge is 2.54. The second-order valence-electron chi connectivity index (χ2n) is 9.38. The lowest BCUT2D eigenvalue weighted by atomic mass is 9.71. The summed E-state index contributed by atoms with van der Waals surface area (Å²) in [5.41, 5.74) is 2.79. The van der Waals surface area contributed by atoms with Gasteiger partial charge in [0.1, 0.15) is 34.7 Å². The van der Waals surface area contributed by atoms with E-state index in [1.165, 1.54) is 0 Å². The van der Waals surface area contributed by atoms with Crippen molar-refractivity contribution < 1.29 is 26.7 Å². The molecule has 1 N–H and O–H groups in total. The van der Waals surface area contributed by atoms with E-state index >= 15 is 0 Å². The molecule has 3 aliphatic heterocycles. The SMILES string of the molecule is C=CC1C[N+]2(Cc3cc(Cl)nc(Cl)c3)CCC1CC2[C@H](O)c1ccnc2ccc(OC)cc12.[Cl-]. The fraction of sp³-hybridized carbons (Fsp3) is 0.385. The van der Waals surface area contributed by atoms with E-state index in [0.717, 1.165) is 64.7 Å². The normalized spacial score (nSPS) is 26.6. The highest BCUT2D eigenvalue weighted by Crippen LogP contribution is 2.48. The minimum atomic E-state index is -0.635. The first-order chi connectivity index (χ1) is 15.9. The fourth-order valence-corrected chi connectivity index (χ4v) is 6.59. The summed E-state index contributed by atoms with van der Waals surface area (Å²) >= 11 is 12.4. The number of hydrogen-bond donors (Lipinski definition) is 1. The molecule has 0 saturated carbocycles. The first kappa shape index (κ1) is 25.2. The van der Waals surface area contributed by atoms with Gasteiger partial charge < -0.3 is 26.7 Å². The highest BCUT2D eigenvalue weighted by atomic mass is 35.5. The van der Waals surface area contributed by atoms with Crippen molar-refractivity contribution in [3.05, 3.63) is 76.7 Å². The van der Waals surface area contributed by atoms with Gasteiger partial charge in [0, 0.05) is 35.9 Å². The molecule has 0 amide bonds. The largest absolute Gasteiger partial charge is 1.00 e. The van der Waals surface area contributed by atoms with Crippen LogP contribution in [0.4, 0.5) is 0 Å². The molecule has 6 rings (SSSR count). The predicted octanol–water partition coefficient (Wildman–Crippen LogP) is 2.59. The number of quaternary nitrogens is 1. The third-order valence-electron chi connectivity index (χ3n) is 7.66. The van der Waals surface area contributed by atoms with Crippen molar-refractivity contribution in [2.45, 2.75) is 31.5 Å². The van der Waals surface area contributed by atoms with E-state index in [2.05, 4.69) is 22.6 Å². The van der Waals surface area contributed by atoms with Crippen LogP contribution in [0.25, 0.3) is 10.9 Å². The van der Waals surface area contributed by atoms with Gasteiger partial charge in [-0.05, 0) is 47.9 Å². The minimum absolute atomic E-state index is 0. The van der Waals surface area contributed by atoms with E-state index in [1.807, 2.05) is 36.4 Å². The number of hydrogen-bond acceptors (Lipinski definition) is 4. The number of ether oxygens (including phenoxy) is 1. The summed E-state index contributed by atoms with van der Waals surface area (Å²) in [6.45, 7) is 6.80. The van der Waals surface area contributed by atoms with Crippen LogP contribution in [0.15, 0.2) is 55.3 Å². The average Bonchev–Trinajstić information content (AvgIpc) is 2.82. The molecule has 34 heavy (non-hydrogen) atoms. The molecule has 2 aromatic heterocycles. The maximum Gasteiger partial charge on any atom is 0.131 e. The smallest absolute Gasteiger partial charge is 0.131 e. The van der Waals surface area contributed by atoms with Crippen LogP contribution < -0.4 is 17.1 Å². The number of fused-ring (bicyclic) bond motifs is 4. The number of pyridine rings is 2. The Hall–Kier alpha value is -1.89. The van der Waals surface area contributed by atoms with Crippen LogP contribution in [0.3, 0.4) is 0 Å². The Labute approximate surface area is 216 Å². The predicted molar refractivity (Wildman–Crippen MR) is 131 cm³/mol. The lowest BCUT2D eigenvalue weighted by Crippen LogP contribution is -3.00. The molecule has 1 aromatic carbocycles. The molecule has 3 aromatic rings. The molecule has 3 aliphatic rings. The highest BCUT2D eigenvalue weighted by molar-refractivity contribution is 6.32. The molecule has 5 atom stereocenters. The van der Waals surface area contributed by atoms with Gasteiger partial charge in [0.15, 0.2) is 0 Å². The van der Waals surface area contributed by atoms with Gasteiger partial charge >= 0.3 is 0 Å². The van der Waals surface area contributed by atoms with Crippen LogP contribution in [0.1, 0.15) is 30.1 Å². The second-order valence-corrected chi connectivity index (χ2v) is 10.2. The summed E-state index contributed by atoms with van der Waals surface area (Å²) in [6, 6.07) is 11.6. The summed E-state index contributed by atoms with van der Waals surface area (Å²) < 4.78 is 6.22. The van der Waals surface area contributed by atoms with Gasteiger partial charge in [0.05, 0.1) is 25.7 Å². The zero-order valence-electron chi connectivity index (χ0n) is 19.0.